The number of cyclic esters (lactones) is 1. The molecule has 0 saturated carbocycles. The Balaban J connectivity index is 2.07. The maximum atomic E-state index is 13.2. The Morgan fingerprint density at radius 1 is 1.12 bits per heavy atom. The van der Waals surface area contributed by atoms with E-state index in [9.17, 15) is 15.0 Å². The number of ether oxygens (including phenoxy) is 1. The van der Waals surface area contributed by atoms with Gasteiger partial charge in [-0.1, -0.05) is 66.4 Å². The number of rotatable bonds is 1. The molecule has 0 amide bonds. The van der Waals surface area contributed by atoms with Crippen LogP contribution in [-0.4, -0.2) is 41.9 Å². The second-order valence-electron chi connectivity index (χ2n) is 11.1. The van der Waals surface area contributed by atoms with Gasteiger partial charge in [-0.3, -0.25) is 0 Å². The summed E-state index contributed by atoms with van der Waals surface area (Å²) < 4.78 is 5.49. The highest BCUT2D eigenvalue weighted by atomic mass is 79.9. The predicted octanol–water partition coefficient (Wildman–Crippen LogP) is 7.46. The molecule has 7 heteroatoms. The number of alkyl halides is 3. The molecule has 2 N–H and O–H groups in total. The molecule has 1 heterocycles. The van der Waals surface area contributed by atoms with Crippen molar-refractivity contribution in [3.8, 4) is 5.75 Å². The zero-order valence-corrected chi connectivity index (χ0v) is 25.5. The lowest BCUT2D eigenvalue weighted by Gasteiger charge is -2.46. The number of phenolic OH excluding ortho intramolecular Hbond substituents is 1. The van der Waals surface area contributed by atoms with Crippen LogP contribution in [0.1, 0.15) is 82.6 Å². The van der Waals surface area contributed by atoms with E-state index in [1.807, 2.05) is 20.8 Å². The zero-order valence-electron chi connectivity index (χ0n) is 20.7. The fraction of sp³-hybridized carbons (Fsp3) is 0.667. The summed E-state index contributed by atoms with van der Waals surface area (Å²) in [5.74, 6) is -0.0288. The molecule has 0 saturated heterocycles. The van der Waals surface area contributed by atoms with Crippen LogP contribution in [0.4, 0.5) is 0 Å². The highest BCUT2D eigenvalue weighted by Gasteiger charge is 2.45. The van der Waals surface area contributed by atoms with Crippen LogP contribution in [0.15, 0.2) is 29.8 Å². The van der Waals surface area contributed by atoms with Gasteiger partial charge in [-0.05, 0) is 101 Å². The van der Waals surface area contributed by atoms with E-state index < -0.39 is 22.0 Å². The lowest BCUT2D eigenvalue weighted by molar-refractivity contribution is 0.0000609. The van der Waals surface area contributed by atoms with Crippen LogP contribution in [0.5, 0.6) is 5.75 Å². The maximum Gasteiger partial charge on any atom is 0.338 e. The molecule has 2 aliphatic rings. The molecular formula is C27H37Br3O4. The largest absolute Gasteiger partial charge is 0.508 e. The number of allylic oxidation sites excluding steroid dienone is 2. The number of esters is 1. The number of hydrogen-bond acceptors (Lipinski definition) is 4. The predicted molar refractivity (Wildman–Crippen MR) is 149 cm³/mol. The van der Waals surface area contributed by atoms with Crippen molar-refractivity contribution in [2.75, 3.05) is 0 Å². The Bertz CT molecular complexity index is 936. The van der Waals surface area contributed by atoms with Gasteiger partial charge in [-0.15, -0.1) is 0 Å². The number of halogens is 3. The van der Waals surface area contributed by atoms with Crippen molar-refractivity contribution >= 4 is 53.8 Å². The van der Waals surface area contributed by atoms with Gasteiger partial charge in [0.05, 0.1) is 15.5 Å². The molecule has 0 aromatic heterocycles. The molecule has 1 aromatic carbocycles. The van der Waals surface area contributed by atoms with Crippen LogP contribution in [0.3, 0.4) is 0 Å². The van der Waals surface area contributed by atoms with E-state index in [1.165, 1.54) is 5.57 Å². The molecule has 6 atom stereocenters. The van der Waals surface area contributed by atoms with Crippen molar-refractivity contribution in [3.63, 3.8) is 0 Å². The fourth-order valence-corrected chi connectivity index (χ4v) is 6.84. The van der Waals surface area contributed by atoms with Crippen molar-refractivity contribution < 1.29 is 19.7 Å². The van der Waals surface area contributed by atoms with E-state index in [-0.39, 0.29) is 26.7 Å². The van der Waals surface area contributed by atoms with E-state index >= 15 is 0 Å². The highest BCUT2D eigenvalue weighted by Crippen LogP contribution is 2.51. The van der Waals surface area contributed by atoms with Gasteiger partial charge in [0, 0.05) is 9.65 Å². The standard InChI is InChI=1S/C27H37Br3O4/c1-16-6-9-21(28)26(4)12-10-22(29)27(5,33)13-11-23(25(2,3)30)34-24(32)17-7-8-20(31)18(14-17)15-19(16)26/h6-8,14,19,21-23,31,33H,9-13,15H2,1-5H3/t19-,21+,22-,23?,26+,27+/m1/s1. The summed E-state index contributed by atoms with van der Waals surface area (Å²) in [5, 5.41) is 22.0. The smallest absolute Gasteiger partial charge is 0.338 e. The summed E-state index contributed by atoms with van der Waals surface area (Å²) in [6.45, 7) is 10.3. The van der Waals surface area contributed by atoms with E-state index in [0.29, 0.717) is 24.8 Å². The van der Waals surface area contributed by atoms with Gasteiger partial charge in [0.1, 0.15) is 11.9 Å². The van der Waals surface area contributed by atoms with Crippen molar-refractivity contribution in [3.05, 3.63) is 41.0 Å². The number of benzene rings is 1. The Hall–Kier alpha value is -0.370. The average Bonchev–Trinajstić information content (AvgIpc) is 2.75. The third-order valence-corrected chi connectivity index (χ3v) is 11.4. The van der Waals surface area contributed by atoms with Crippen molar-refractivity contribution in [2.24, 2.45) is 11.3 Å². The van der Waals surface area contributed by atoms with E-state index in [1.54, 1.807) is 18.2 Å². The van der Waals surface area contributed by atoms with Crippen molar-refractivity contribution in [1.29, 1.82) is 0 Å². The lowest BCUT2D eigenvalue weighted by atomic mass is 9.62. The number of fused-ring (bicyclic) bond motifs is 3. The summed E-state index contributed by atoms with van der Waals surface area (Å²) in [6.07, 6.45) is 6.16. The Kier molecular flexibility index (Phi) is 8.75. The highest BCUT2D eigenvalue weighted by molar-refractivity contribution is 9.10. The summed E-state index contributed by atoms with van der Waals surface area (Å²) >= 11 is 11.4. The molecular weight excluding hydrogens is 628 g/mol. The summed E-state index contributed by atoms with van der Waals surface area (Å²) in [4.78, 5) is 13.3. The number of phenols is 1. The number of carbonyl (C=O) groups is 1. The topological polar surface area (TPSA) is 66.8 Å². The molecule has 1 aliphatic carbocycles. The van der Waals surface area contributed by atoms with Crippen LogP contribution in [0.2, 0.25) is 0 Å². The fourth-order valence-electron chi connectivity index (χ4n) is 5.33. The second-order valence-corrected chi connectivity index (χ2v) is 15.4. The lowest BCUT2D eigenvalue weighted by Crippen LogP contribution is -2.43. The zero-order chi connectivity index (χ0) is 25.5. The molecule has 0 radical (unpaired) electrons. The van der Waals surface area contributed by atoms with Gasteiger partial charge in [0.25, 0.3) is 0 Å². The average molecular weight is 665 g/mol. The summed E-state index contributed by atoms with van der Waals surface area (Å²) in [7, 11) is 0. The van der Waals surface area contributed by atoms with E-state index in [2.05, 4.69) is 67.7 Å². The molecule has 1 unspecified atom stereocenters. The van der Waals surface area contributed by atoms with Crippen molar-refractivity contribution in [1.82, 2.24) is 0 Å². The van der Waals surface area contributed by atoms with Crippen LogP contribution >= 0.6 is 47.8 Å². The second kappa shape index (κ2) is 10.5. The van der Waals surface area contributed by atoms with Crippen LogP contribution in [0, 0.1) is 11.3 Å². The normalized spacial score (nSPS) is 35.9. The molecule has 0 fully saturated rings. The number of aromatic hydroxyl groups is 1. The van der Waals surface area contributed by atoms with Crippen molar-refractivity contribution in [2.45, 2.75) is 98.8 Å². The van der Waals surface area contributed by atoms with Crippen LogP contribution < -0.4 is 0 Å². The minimum atomic E-state index is -0.952. The van der Waals surface area contributed by atoms with Gasteiger partial charge in [0.15, 0.2) is 0 Å². The SMILES string of the molecule is CC1=CC[C@H](Br)[C@@]2(C)CC[C@@H](Br)[C@@](C)(O)CCC(C(C)(C)Br)OC(=O)c3ccc(O)c(c3)C[C@H]12. The third kappa shape index (κ3) is 6.12. The van der Waals surface area contributed by atoms with Gasteiger partial charge in [-0.25, -0.2) is 4.79 Å². The molecule has 1 aromatic rings. The van der Waals surface area contributed by atoms with Gasteiger partial charge >= 0.3 is 5.97 Å². The molecule has 0 spiro atoms. The van der Waals surface area contributed by atoms with E-state index in [0.717, 1.165) is 24.8 Å². The Morgan fingerprint density at radius 3 is 2.44 bits per heavy atom. The first-order valence-electron chi connectivity index (χ1n) is 12.0. The molecule has 2 bridgehead atoms. The number of hydrogen-bond donors (Lipinski definition) is 2. The minimum absolute atomic E-state index is 0.0789. The Labute approximate surface area is 229 Å². The van der Waals surface area contributed by atoms with Crippen LogP contribution in [-0.2, 0) is 11.2 Å². The maximum absolute atomic E-state index is 13.2. The molecule has 3 rings (SSSR count). The van der Waals surface area contributed by atoms with Crippen LogP contribution in [0.25, 0.3) is 0 Å². The molecule has 190 valence electrons. The molecule has 34 heavy (non-hydrogen) atoms. The summed E-state index contributed by atoms with van der Waals surface area (Å²) in [5.41, 5.74) is 1.46. The number of carbonyl (C=O) groups excluding carboxylic acids is 1. The monoisotopic (exact) mass is 662 g/mol. The first kappa shape index (κ1) is 28.2. The van der Waals surface area contributed by atoms with Gasteiger partial charge < -0.3 is 14.9 Å². The van der Waals surface area contributed by atoms with Gasteiger partial charge in [-0.2, -0.15) is 0 Å². The Morgan fingerprint density at radius 2 is 1.79 bits per heavy atom. The minimum Gasteiger partial charge on any atom is -0.508 e. The summed E-state index contributed by atoms with van der Waals surface area (Å²) in [6, 6.07) is 5.01. The quantitative estimate of drug-likeness (QED) is 0.186. The number of aliphatic hydroxyl groups is 1. The first-order valence-corrected chi connectivity index (χ1v) is 14.7. The molecule has 4 nitrogen and oxygen atoms in total. The van der Waals surface area contributed by atoms with Gasteiger partial charge in [0.2, 0.25) is 0 Å². The third-order valence-electron chi connectivity index (χ3n) is 7.99. The first-order chi connectivity index (χ1) is 15.6. The van der Waals surface area contributed by atoms with E-state index in [4.69, 9.17) is 4.74 Å². The molecule has 1 aliphatic heterocycles.